The summed E-state index contributed by atoms with van der Waals surface area (Å²) < 4.78 is 0. The molecule has 1 atom stereocenters. The molecule has 0 spiro atoms. The molecule has 0 amide bonds. The standard InChI is InChI=1S/C6H15BO2/c1-3-4-5-6(2)7(8)9/h6,8-9H,3-5H2,1-2H3/t6-/m0/s1. The van der Waals surface area contributed by atoms with Crippen molar-refractivity contribution in [2.45, 2.75) is 38.9 Å². The van der Waals surface area contributed by atoms with E-state index in [0.717, 1.165) is 19.3 Å². The van der Waals surface area contributed by atoms with Crippen LogP contribution in [0, 0.1) is 0 Å². The molecular formula is C6H15BO2. The second kappa shape index (κ2) is 4.83. The molecule has 0 aliphatic carbocycles. The fraction of sp³-hybridized carbons (Fsp3) is 1.00. The third-order valence-corrected chi connectivity index (χ3v) is 1.52. The SMILES string of the molecule is CCCC[C@H](C)B(O)O. The van der Waals surface area contributed by atoms with Crippen LogP contribution in [-0.2, 0) is 0 Å². The van der Waals surface area contributed by atoms with Gasteiger partial charge in [-0.25, -0.2) is 0 Å². The van der Waals surface area contributed by atoms with E-state index in [0.29, 0.717) is 0 Å². The van der Waals surface area contributed by atoms with E-state index >= 15 is 0 Å². The predicted molar refractivity (Wildman–Crippen MR) is 39.1 cm³/mol. The van der Waals surface area contributed by atoms with Crippen LogP contribution >= 0.6 is 0 Å². The van der Waals surface area contributed by atoms with Crippen molar-refractivity contribution in [3.63, 3.8) is 0 Å². The number of hydrogen-bond acceptors (Lipinski definition) is 2. The monoisotopic (exact) mass is 130 g/mol. The Kier molecular flexibility index (Phi) is 4.82. The van der Waals surface area contributed by atoms with Gasteiger partial charge < -0.3 is 10.0 Å². The lowest BCUT2D eigenvalue weighted by Crippen LogP contribution is -2.17. The van der Waals surface area contributed by atoms with Crippen molar-refractivity contribution >= 4 is 7.12 Å². The van der Waals surface area contributed by atoms with E-state index in [4.69, 9.17) is 10.0 Å². The Bertz CT molecular complexity index is 66.1. The van der Waals surface area contributed by atoms with Crippen molar-refractivity contribution in [3.8, 4) is 0 Å². The van der Waals surface area contributed by atoms with Crippen LogP contribution in [0.25, 0.3) is 0 Å². The average Bonchev–Trinajstić information content (AvgIpc) is 1.82. The molecule has 0 aromatic rings. The Morgan fingerprint density at radius 1 is 1.44 bits per heavy atom. The van der Waals surface area contributed by atoms with Crippen LogP contribution in [0.1, 0.15) is 33.1 Å². The first-order valence-corrected chi connectivity index (χ1v) is 3.54. The van der Waals surface area contributed by atoms with Crippen molar-refractivity contribution < 1.29 is 10.0 Å². The summed E-state index contributed by atoms with van der Waals surface area (Å²) in [5, 5.41) is 17.2. The molecule has 2 N–H and O–H groups in total. The van der Waals surface area contributed by atoms with Crippen LogP contribution in [0.5, 0.6) is 0 Å². The summed E-state index contributed by atoms with van der Waals surface area (Å²) in [6.07, 6.45) is 3.12. The van der Waals surface area contributed by atoms with E-state index < -0.39 is 7.12 Å². The van der Waals surface area contributed by atoms with Crippen molar-refractivity contribution in [1.82, 2.24) is 0 Å². The van der Waals surface area contributed by atoms with Crippen LogP contribution in [-0.4, -0.2) is 17.2 Å². The molecule has 0 aromatic carbocycles. The van der Waals surface area contributed by atoms with Crippen LogP contribution in [0.15, 0.2) is 0 Å². The molecule has 2 nitrogen and oxygen atoms in total. The lowest BCUT2D eigenvalue weighted by atomic mass is 9.72. The van der Waals surface area contributed by atoms with Gasteiger partial charge in [0.25, 0.3) is 0 Å². The molecule has 3 heteroatoms. The molecule has 0 radical (unpaired) electrons. The van der Waals surface area contributed by atoms with Crippen LogP contribution in [0.3, 0.4) is 0 Å². The minimum atomic E-state index is -1.13. The third kappa shape index (κ3) is 4.49. The first-order chi connectivity index (χ1) is 4.18. The summed E-state index contributed by atoms with van der Waals surface area (Å²) in [5.41, 5.74) is 0. The lowest BCUT2D eigenvalue weighted by Gasteiger charge is -2.06. The summed E-state index contributed by atoms with van der Waals surface area (Å²) >= 11 is 0. The van der Waals surface area contributed by atoms with Gasteiger partial charge in [0.2, 0.25) is 0 Å². The maximum atomic E-state index is 8.60. The topological polar surface area (TPSA) is 40.5 Å². The van der Waals surface area contributed by atoms with Gasteiger partial charge in [-0.2, -0.15) is 0 Å². The van der Waals surface area contributed by atoms with E-state index in [-0.39, 0.29) is 5.82 Å². The predicted octanol–water partition coefficient (Wildman–Crippen LogP) is 1.04. The second-order valence-electron chi connectivity index (χ2n) is 2.53. The van der Waals surface area contributed by atoms with Gasteiger partial charge in [0.1, 0.15) is 0 Å². The van der Waals surface area contributed by atoms with E-state index in [1.54, 1.807) is 0 Å². The zero-order chi connectivity index (χ0) is 7.28. The largest absolute Gasteiger partial charge is 0.454 e. The molecule has 0 aliphatic heterocycles. The van der Waals surface area contributed by atoms with Crippen molar-refractivity contribution in [1.29, 1.82) is 0 Å². The maximum Gasteiger partial charge on any atom is 0.454 e. The highest BCUT2D eigenvalue weighted by atomic mass is 16.4. The van der Waals surface area contributed by atoms with Crippen molar-refractivity contribution in [2.24, 2.45) is 0 Å². The van der Waals surface area contributed by atoms with Gasteiger partial charge in [0.05, 0.1) is 0 Å². The highest BCUT2D eigenvalue weighted by molar-refractivity contribution is 6.42. The Balaban J connectivity index is 3.16. The Morgan fingerprint density at radius 2 is 2.00 bits per heavy atom. The Morgan fingerprint density at radius 3 is 2.33 bits per heavy atom. The van der Waals surface area contributed by atoms with Gasteiger partial charge in [-0.3, -0.25) is 0 Å². The smallest absolute Gasteiger partial charge is 0.427 e. The average molecular weight is 130 g/mol. The van der Waals surface area contributed by atoms with Crippen LogP contribution in [0.4, 0.5) is 0 Å². The fourth-order valence-corrected chi connectivity index (χ4v) is 0.675. The van der Waals surface area contributed by atoms with Gasteiger partial charge >= 0.3 is 7.12 Å². The minimum Gasteiger partial charge on any atom is -0.427 e. The van der Waals surface area contributed by atoms with E-state index in [1.165, 1.54) is 0 Å². The van der Waals surface area contributed by atoms with Gasteiger partial charge in [0.15, 0.2) is 0 Å². The molecule has 54 valence electrons. The summed E-state index contributed by atoms with van der Waals surface area (Å²) in [5.74, 6) is 0.0324. The summed E-state index contributed by atoms with van der Waals surface area (Å²) in [6, 6.07) is 0. The molecule has 0 saturated heterocycles. The van der Waals surface area contributed by atoms with E-state index in [2.05, 4.69) is 6.92 Å². The van der Waals surface area contributed by atoms with E-state index in [9.17, 15) is 0 Å². The molecule has 0 aliphatic rings. The Labute approximate surface area is 57.0 Å². The number of rotatable bonds is 4. The van der Waals surface area contributed by atoms with E-state index in [1.807, 2.05) is 6.92 Å². The quantitative estimate of drug-likeness (QED) is 0.558. The molecule has 9 heavy (non-hydrogen) atoms. The van der Waals surface area contributed by atoms with Gasteiger partial charge in [-0.1, -0.05) is 33.1 Å². The highest BCUT2D eigenvalue weighted by Gasteiger charge is 2.16. The van der Waals surface area contributed by atoms with Crippen LogP contribution < -0.4 is 0 Å². The zero-order valence-electron chi connectivity index (χ0n) is 6.17. The van der Waals surface area contributed by atoms with Gasteiger partial charge in [0, 0.05) is 0 Å². The molecule has 0 heterocycles. The first kappa shape index (κ1) is 8.98. The second-order valence-corrected chi connectivity index (χ2v) is 2.53. The molecule has 0 aromatic heterocycles. The number of unbranched alkanes of at least 4 members (excludes halogenated alkanes) is 1. The molecule has 0 rings (SSSR count). The summed E-state index contributed by atoms with van der Waals surface area (Å²) in [6.45, 7) is 3.94. The molecule has 0 bridgehead atoms. The van der Waals surface area contributed by atoms with Crippen LogP contribution in [0.2, 0.25) is 5.82 Å². The van der Waals surface area contributed by atoms with Crippen molar-refractivity contribution in [3.05, 3.63) is 0 Å². The number of hydrogen-bond donors (Lipinski definition) is 2. The maximum absolute atomic E-state index is 8.60. The molecule has 0 fully saturated rings. The Hall–Kier alpha value is -0.0151. The molecular weight excluding hydrogens is 115 g/mol. The normalized spacial score (nSPS) is 13.3. The highest BCUT2D eigenvalue weighted by Crippen LogP contribution is 2.13. The van der Waals surface area contributed by atoms with Gasteiger partial charge in [-0.05, 0) is 5.82 Å². The third-order valence-electron chi connectivity index (χ3n) is 1.52. The summed E-state index contributed by atoms with van der Waals surface area (Å²) in [4.78, 5) is 0. The summed E-state index contributed by atoms with van der Waals surface area (Å²) in [7, 11) is -1.13. The molecule has 0 unspecified atom stereocenters. The zero-order valence-corrected chi connectivity index (χ0v) is 6.17. The fourth-order valence-electron chi connectivity index (χ4n) is 0.675. The van der Waals surface area contributed by atoms with Crippen molar-refractivity contribution in [2.75, 3.05) is 0 Å². The lowest BCUT2D eigenvalue weighted by molar-refractivity contribution is 0.381. The molecule has 0 saturated carbocycles. The minimum absolute atomic E-state index is 0.0324. The first-order valence-electron chi connectivity index (χ1n) is 3.54. The van der Waals surface area contributed by atoms with Gasteiger partial charge in [-0.15, -0.1) is 0 Å².